The number of benzene rings is 2. The smallest absolute Gasteiger partial charge is 0.411 e. The van der Waals surface area contributed by atoms with Crippen molar-refractivity contribution in [1.29, 1.82) is 0 Å². The van der Waals surface area contributed by atoms with Crippen LogP contribution in [0.3, 0.4) is 0 Å². The third-order valence-corrected chi connectivity index (χ3v) is 4.42. The molecule has 2 amide bonds. The van der Waals surface area contributed by atoms with Gasteiger partial charge in [0, 0.05) is 11.3 Å². The van der Waals surface area contributed by atoms with E-state index < -0.39 is 12.0 Å². The largest absolute Gasteiger partial charge is 0.446 e. The van der Waals surface area contributed by atoms with Gasteiger partial charge in [-0.05, 0) is 61.1 Å². The summed E-state index contributed by atoms with van der Waals surface area (Å²) in [6, 6.07) is 14.5. The molecular weight excluding hydrogens is 316 g/mol. The average molecular weight is 338 g/mol. The second-order valence-corrected chi connectivity index (χ2v) is 6.32. The standard InChI is InChI=1S/C20H22N2O3/c21-19(23)16-8-4-6-14(12-16)15-7-5-9-17(13-15)22-20(24)25-18-10-2-1-3-11-18/h4-9,12-13,18H,1-3,10-11H2,(H2,21,23)(H,22,24). The summed E-state index contributed by atoms with van der Waals surface area (Å²) >= 11 is 0. The molecule has 0 unspecified atom stereocenters. The van der Waals surface area contributed by atoms with Gasteiger partial charge in [0.15, 0.2) is 0 Å². The first kappa shape index (κ1) is 17.0. The zero-order valence-electron chi connectivity index (χ0n) is 14.0. The van der Waals surface area contributed by atoms with Crippen LogP contribution in [-0.2, 0) is 4.74 Å². The van der Waals surface area contributed by atoms with E-state index in [1.165, 1.54) is 6.42 Å². The fraction of sp³-hybridized carbons (Fsp3) is 0.300. The van der Waals surface area contributed by atoms with E-state index in [1.54, 1.807) is 18.2 Å². The normalized spacial score (nSPS) is 14.7. The van der Waals surface area contributed by atoms with Crippen molar-refractivity contribution >= 4 is 17.7 Å². The molecule has 2 aromatic carbocycles. The predicted octanol–water partition coefficient (Wildman–Crippen LogP) is 4.33. The lowest BCUT2D eigenvalue weighted by atomic mass is 9.98. The summed E-state index contributed by atoms with van der Waals surface area (Å²) in [5.74, 6) is -0.466. The molecule has 0 spiro atoms. The van der Waals surface area contributed by atoms with Crippen LogP contribution >= 0.6 is 0 Å². The molecule has 25 heavy (non-hydrogen) atoms. The Labute approximate surface area is 147 Å². The van der Waals surface area contributed by atoms with E-state index in [4.69, 9.17) is 10.5 Å². The topological polar surface area (TPSA) is 81.4 Å². The van der Waals surface area contributed by atoms with E-state index >= 15 is 0 Å². The minimum absolute atomic E-state index is 0.0178. The first-order chi connectivity index (χ1) is 12.1. The molecule has 0 bridgehead atoms. The maximum atomic E-state index is 12.1. The molecule has 3 rings (SSSR count). The van der Waals surface area contributed by atoms with E-state index in [1.807, 2.05) is 30.3 Å². The van der Waals surface area contributed by atoms with Crippen LogP contribution in [0.25, 0.3) is 11.1 Å². The van der Waals surface area contributed by atoms with Crippen molar-refractivity contribution in [2.24, 2.45) is 5.73 Å². The molecule has 0 atom stereocenters. The molecule has 5 heteroatoms. The van der Waals surface area contributed by atoms with Crippen LogP contribution in [0.15, 0.2) is 48.5 Å². The van der Waals surface area contributed by atoms with Crippen LogP contribution in [0.5, 0.6) is 0 Å². The monoisotopic (exact) mass is 338 g/mol. The van der Waals surface area contributed by atoms with Gasteiger partial charge in [-0.3, -0.25) is 10.1 Å². The fourth-order valence-corrected chi connectivity index (χ4v) is 3.11. The zero-order valence-corrected chi connectivity index (χ0v) is 14.0. The molecule has 1 aliphatic rings. The number of nitrogens with two attached hydrogens (primary N) is 1. The van der Waals surface area contributed by atoms with E-state index in [9.17, 15) is 9.59 Å². The molecule has 0 radical (unpaired) electrons. The molecule has 1 aliphatic carbocycles. The highest BCUT2D eigenvalue weighted by molar-refractivity contribution is 5.94. The second kappa shape index (κ2) is 7.83. The van der Waals surface area contributed by atoms with E-state index in [0.717, 1.165) is 36.8 Å². The zero-order chi connectivity index (χ0) is 17.6. The number of carbonyl (C=O) groups excluding carboxylic acids is 2. The van der Waals surface area contributed by atoms with Crippen molar-refractivity contribution in [3.05, 3.63) is 54.1 Å². The van der Waals surface area contributed by atoms with Gasteiger partial charge in [-0.2, -0.15) is 0 Å². The van der Waals surface area contributed by atoms with E-state index in [0.29, 0.717) is 11.3 Å². The van der Waals surface area contributed by atoms with Gasteiger partial charge in [-0.15, -0.1) is 0 Å². The van der Waals surface area contributed by atoms with E-state index in [-0.39, 0.29) is 6.10 Å². The molecule has 5 nitrogen and oxygen atoms in total. The predicted molar refractivity (Wildman–Crippen MR) is 97.4 cm³/mol. The summed E-state index contributed by atoms with van der Waals surface area (Å²) in [6.07, 6.45) is 4.92. The fourth-order valence-electron chi connectivity index (χ4n) is 3.11. The molecule has 2 aromatic rings. The Morgan fingerprint density at radius 1 is 0.960 bits per heavy atom. The summed E-state index contributed by atoms with van der Waals surface area (Å²) < 4.78 is 5.48. The minimum Gasteiger partial charge on any atom is -0.446 e. The average Bonchev–Trinajstić information content (AvgIpc) is 2.63. The summed E-state index contributed by atoms with van der Waals surface area (Å²) in [5.41, 5.74) is 8.19. The molecule has 0 aromatic heterocycles. The molecule has 0 heterocycles. The van der Waals surface area contributed by atoms with Crippen molar-refractivity contribution in [1.82, 2.24) is 0 Å². The van der Waals surface area contributed by atoms with Crippen molar-refractivity contribution in [3.8, 4) is 11.1 Å². The number of rotatable bonds is 4. The number of amides is 2. The Balaban J connectivity index is 1.69. The summed E-state index contributed by atoms with van der Waals surface area (Å²) in [4.78, 5) is 23.4. The van der Waals surface area contributed by atoms with Crippen LogP contribution in [0, 0.1) is 0 Å². The molecule has 1 fully saturated rings. The van der Waals surface area contributed by atoms with Crippen LogP contribution < -0.4 is 11.1 Å². The maximum Gasteiger partial charge on any atom is 0.411 e. The highest BCUT2D eigenvalue weighted by Gasteiger charge is 2.17. The van der Waals surface area contributed by atoms with Crippen molar-refractivity contribution in [2.75, 3.05) is 5.32 Å². The molecule has 0 aliphatic heterocycles. The van der Waals surface area contributed by atoms with Gasteiger partial charge in [-0.1, -0.05) is 30.7 Å². The van der Waals surface area contributed by atoms with Gasteiger partial charge in [-0.25, -0.2) is 4.79 Å². The number of carbonyl (C=O) groups is 2. The lowest BCUT2D eigenvalue weighted by Gasteiger charge is -2.21. The van der Waals surface area contributed by atoms with Crippen LogP contribution in [0.4, 0.5) is 10.5 Å². The first-order valence-corrected chi connectivity index (χ1v) is 8.60. The number of nitrogens with one attached hydrogen (secondary N) is 1. The number of hydrogen-bond donors (Lipinski definition) is 2. The van der Waals surface area contributed by atoms with Gasteiger partial charge < -0.3 is 10.5 Å². The summed E-state index contributed by atoms with van der Waals surface area (Å²) in [7, 11) is 0. The lowest BCUT2D eigenvalue weighted by molar-refractivity contribution is 0.0865. The molecule has 1 saturated carbocycles. The highest BCUT2D eigenvalue weighted by Crippen LogP contribution is 2.24. The number of anilines is 1. The van der Waals surface area contributed by atoms with Crippen LogP contribution in [-0.4, -0.2) is 18.1 Å². The minimum atomic E-state index is -0.466. The Bertz CT molecular complexity index is 767. The molecular formula is C20H22N2O3. The van der Waals surface area contributed by atoms with Crippen molar-refractivity contribution in [2.45, 2.75) is 38.2 Å². The first-order valence-electron chi connectivity index (χ1n) is 8.60. The second-order valence-electron chi connectivity index (χ2n) is 6.32. The van der Waals surface area contributed by atoms with Crippen molar-refractivity contribution in [3.63, 3.8) is 0 Å². The Hall–Kier alpha value is -2.82. The van der Waals surface area contributed by atoms with Gasteiger partial charge in [0.2, 0.25) is 5.91 Å². The summed E-state index contributed by atoms with van der Waals surface area (Å²) in [6.45, 7) is 0. The van der Waals surface area contributed by atoms with Gasteiger partial charge in [0.05, 0.1) is 0 Å². The van der Waals surface area contributed by atoms with Gasteiger partial charge >= 0.3 is 6.09 Å². The maximum absolute atomic E-state index is 12.1. The molecule has 0 saturated heterocycles. The molecule has 130 valence electrons. The Morgan fingerprint density at radius 2 is 1.64 bits per heavy atom. The summed E-state index contributed by atoms with van der Waals surface area (Å²) in [5, 5.41) is 2.78. The van der Waals surface area contributed by atoms with Crippen molar-refractivity contribution < 1.29 is 14.3 Å². The number of primary amides is 1. The highest BCUT2D eigenvalue weighted by atomic mass is 16.6. The van der Waals surface area contributed by atoms with Gasteiger partial charge in [0.1, 0.15) is 6.10 Å². The number of hydrogen-bond acceptors (Lipinski definition) is 3. The lowest BCUT2D eigenvalue weighted by Crippen LogP contribution is -2.24. The molecule has 3 N–H and O–H groups in total. The van der Waals surface area contributed by atoms with Gasteiger partial charge in [0.25, 0.3) is 0 Å². The third-order valence-electron chi connectivity index (χ3n) is 4.42. The third kappa shape index (κ3) is 4.59. The quantitative estimate of drug-likeness (QED) is 0.870. The van der Waals surface area contributed by atoms with Crippen LogP contribution in [0.2, 0.25) is 0 Å². The Morgan fingerprint density at radius 3 is 2.36 bits per heavy atom. The van der Waals surface area contributed by atoms with Crippen LogP contribution in [0.1, 0.15) is 42.5 Å². The Kier molecular flexibility index (Phi) is 5.33. The SMILES string of the molecule is NC(=O)c1cccc(-c2cccc(NC(=O)OC3CCCCC3)c2)c1. The number of ether oxygens (including phenoxy) is 1. The van der Waals surface area contributed by atoms with E-state index in [2.05, 4.69) is 5.32 Å².